The second-order valence-corrected chi connectivity index (χ2v) is 5.53. The Balaban J connectivity index is 2.19. The predicted molar refractivity (Wildman–Crippen MR) is 66.6 cm³/mol. The fraction of sp³-hybridized carbons (Fsp3) is 0.923. The Morgan fingerprint density at radius 3 is 2.71 bits per heavy atom. The number of hydrogen-bond donors (Lipinski definition) is 1. The first-order chi connectivity index (χ1) is 7.99. The second-order valence-electron chi connectivity index (χ2n) is 5.53. The molecule has 0 amide bonds. The Kier molecular flexibility index (Phi) is 5.92. The third kappa shape index (κ3) is 5.50. The molecule has 0 aromatic carbocycles. The van der Waals surface area contributed by atoms with Crippen LogP contribution in [0.2, 0.25) is 0 Å². The van der Waals surface area contributed by atoms with Crippen LogP contribution in [0.25, 0.3) is 0 Å². The van der Waals surface area contributed by atoms with Crippen LogP contribution in [-0.2, 0) is 9.53 Å². The molecule has 2 unspecified atom stereocenters. The van der Waals surface area contributed by atoms with Crippen molar-refractivity contribution in [3.8, 4) is 0 Å². The molecule has 0 aromatic rings. The van der Waals surface area contributed by atoms with Crippen LogP contribution in [0.1, 0.15) is 33.1 Å². The third-order valence-corrected chi connectivity index (χ3v) is 3.14. The zero-order valence-corrected chi connectivity index (χ0v) is 11.2. The van der Waals surface area contributed by atoms with E-state index in [2.05, 4.69) is 0 Å². The number of likely N-dealkylation sites (N-methyl/N-ethyl adjacent to an activating group) is 1. The van der Waals surface area contributed by atoms with E-state index in [0.29, 0.717) is 25.0 Å². The quantitative estimate of drug-likeness (QED) is 0.714. The summed E-state index contributed by atoms with van der Waals surface area (Å²) in [6, 6.07) is 0. The highest BCUT2D eigenvalue weighted by atomic mass is 16.5. The molecule has 1 aliphatic carbocycles. The summed E-state index contributed by atoms with van der Waals surface area (Å²) >= 11 is 0. The lowest BCUT2D eigenvalue weighted by Gasteiger charge is -2.22. The average Bonchev–Trinajstić information content (AvgIpc) is 2.61. The van der Waals surface area contributed by atoms with Crippen LogP contribution >= 0.6 is 0 Å². The Morgan fingerprint density at radius 2 is 2.18 bits per heavy atom. The summed E-state index contributed by atoms with van der Waals surface area (Å²) in [6.45, 7) is 5.62. The van der Waals surface area contributed by atoms with Gasteiger partial charge >= 0.3 is 5.97 Å². The first-order valence-electron chi connectivity index (χ1n) is 6.51. The van der Waals surface area contributed by atoms with Gasteiger partial charge in [0.25, 0.3) is 0 Å². The predicted octanol–water partition coefficient (Wildman–Crippen LogP) is 1.28. The van der Waals surface area contributed by atoms with Crippen molar-refractivity contribution in [2.75, 3.05) is 26.7 Å². The van der Waals surface area contributed by atoms with E-state index in [9.17, 15) is 9.90 Å². The van der Waals surface area contributed by atoms with Gasteiger partial charge in [-0.3, -0.25) is 9.69 Å². The average molecular weight is 243 g/mol. The first-order valence-corrected chi connectivity index (χ1v) is 6.51. The number of aliphatic hydroxyl groups excluding tert-OH is 1. The van der Waals surface area contributed by atoms with Crippen molar-refractivity contribution in [2.45, 2.75) is 39.2 Å². The second kappa shape index (κ2) is 6.97. The molecule has 1 saturated carbocycles. The van der Waals surface area contributed by atoms with Crippen LogP contribution < -0.4 is 0 Å². The first kappa shape index (κ1) is 14.5. The molecule has 17 heavy (non-hydrogen) atoms. The Morgan fingerprint density at radius 1 is 1.47 bits per heavy atom. The van der Waals surface area contributed by atoms with Crippen molar-refractivity contribution < 1.29 is 14.6 Å². The molecule has 1 N–H and O–H groups in total. The number of hydrogen-bond acceptors (Lipinski definition) is 4. The van der Waals surface area contributed by atoms with Gasteiger partial charge in [-0.05, 0) is 31.7 Å². The lowest BCUT2D eigenvalue weighted by molar-refractivity contribution is -0.145. The van der Waals surface area contributed by atoms with Gasteiger partial charge in [-0.2, -0.15) is 0 Å². The van der Waals surface area contributed by atoms with Gasteiger partial charge in [-0.1, -0.05) is 20.3 Å². The lowest BCUT2D eigenvalue weighted by Crippen LogP contribution is -2.34. The molecule has 1 fully saturated rings. The van der Waals surface area contributed by atoms with E-state index in [1.807, 2.05) is 25.8 Å². The number of aliphatic hydroxyl groups is 1. The summed E-state index contributed by atoms with van der Waals surface area (Å²) in [5.41, 5.74) is 0. The molecule has 2 atom stereocenters. The van der Waals surface area contributed by atoms with Crippen molar-refractivity contribution in [1.82, 2.24) is 4.90 Å². The number of esters is 1. The van der Waals surface area contributed by atoms with Crippen LogP contribution in [0.4, 0.5) is 0 Å². The maximum atomic E-state index is 11.5. The van der Waals surface area contributed by atoms with Crippen LogP contribution in [0, 0.1) is 11.8 Å². The molecule has 0 bridgehead atoms. The summed E-state index contributed by atoms with van der Waals surface area (Å²) in [5, 5.41) is 9.71. The fourth-order valence-electron chi connectivity index (χ4n) is 2.22. The van der Waals surface area contributed by atoms with Crippen molar-refractivity contribution in [3.05, 3.63) is 0 Å². The highest BCUT2D eigenvalue weighted by molar-refractivity contribution is 5.71. The summed E-state index contributed by atoms with van der Waals surface area (Å²) in [6.07, 6.45) is 2.87. The van der Waals surface area contributed by atoms with E-state index in [4.69, 9.17) is 4.74 Å². The van der Waals surface area contributed by atoms with Gasteiger partial charge < -0.3 is 9.84 Å². The molecule has 1 aliphatic rings. The number of carbonyl (C=O) groups excluding carboxylic acids is 1. The maximum Gasteiger partial charge on any atom is 0.320 e. The number of carbonyl (C=O) groups is 1. The van der Waals surface area contributed by atoms with Gasteiger partial charge in [0, 0.05) is 6.54 Å². The van der Waals surface area contributed by atoms with Gasteiger partial charge in [0.2, 0.25) is 0 Å². The van der Waals surface area contributed by atoms with Gasteiger partial charge in [-0.15, -0.1) is 0 Å². The molecule has 0 spiro atoms. The minimum absolute atomic E-state index is 0.173. The van der Waals surface area contributed by atoms with E-state index >= 15 is 0 Å². The lowest BCUT2D eigenvalue weighted by atomic mass is 10.1. The summed E-state index contributed by atoms with van der Waals surface area (Å²) in [7, 11) is 1.90. The van der Waals surface area contributed by atoms with Gasteiger partial charge in [0.15, 0.2) is 0 Å². The minimum atomic E-state index is -0.191. The van der Waals surface area contributed by atoms with Crippen molar-refractivity contribution >= 4 is 5.97 Å². The Labute approximate surface area is 104 Å². The van der Waals surface area contributed by atoms with E-state index in [0.717, 1.165) is 25.8 Å². The van der Waals surface area contributed by atoms with E-state index < -0.39 is 0 Å². The normalized spacial score (nSPS) is 24.6. The Hall–Kier alpha value is -0.610. The molecule has 1 rings (SSSR count). The van der Waals surface area contributed by atoms with Gasteiger partial charge in [0.05, 0.1) is 19.3 Å². The zero-order valence-electron chi connectivity index (χ0n) is 11.2. The zero-order chi connectivity index (χ0) is 12.8. The molecular weight excluding hydrogens is 218 g/mol. The van der Waals surface area contributed by atoms with E-state index in [1.165, 1.54) is 0 Å². The minimum Gasteiger partial charge on any atom is -0.464 e. The fourth-order valence-corrected chi connectivity index (χ4v) is 2.22. The third-order valence-electron chi connectivity index (χ3n) is 3.14. The monoisotopic (exact) mass is 243 g/mol. The van der Waals surface area contributed by atoms with Crippen molar-refractivity contribution in [3.63, 3.8) is 0 Å². The summed E-state index contributed by atoms with van der Waals surface area (Å²) in [4.78, 5) is 13.4. The summed E-state index contributed by atoms with van der Waals surface area (Å²) in [5.74, 6) is 0.521. The van der Waals surface area contributed by atoms with E-state index in [-0.39, 0.29) is 12.1 Å². The highest BCUT2D eigenvalue weighted by Gasteiger charge is 2.26. The topological polar surface area (TPSA) is 49.8 Å². The molecule has 100 valence electrons. The van der Waals surface area contributed by atoms with Gasteiger partial charge in [0.1, 0.15) is 0 Å². The maximum absolute atomic E-state index is 11.5. The standard InChI is InChI=1S/C13H25NO3/c1-10(2)9-17-13(16)8-14(3)7-11-5-4-6-12(11)15/h10-12,15H,4-9H2,1-3H3. The molecule has 0 heterocycles. The van der Waals surface area contributed by atoms with Gasteiger partial charge in [-0.25, -0.2) is 0 Å². The smallest absolute Gasteiger partial charge is 0.320 e. The Bertz CT molecular complexity index is 243. The molecule has 4 nitrogen and oxygen atoms in total. The van der Waals surface area contributed by atoms with Crippen molar-refractivity contribution in [1.29, 1.82) is 0 Å². The molecule has 4 heteroatoms. The van der Waals surface area contributed by atoms with Crippen molar-refractivity contribution in [2.24, 2.45) is 11.8 Å². The molecule has 0 radical (unpaired) electrons. The molecule has 0 aromatic heterocycles. The van der Waals surface area contributed by atoms with Crippen LogP contribution in [0.5, 0.6) is 0 Å². The SMILES string of the molecule is CC(C)COC(=O)CN(C)CC1CCCC1O. The number of ether oxygens (including phenoxy) is 1. The van der Waals surface area contributed by atoms with Crippen LogP contribution in [0.3, 0.4) is 0 Å². The van der Waals surface area contributed by atoms with E-state index in [1.54, 1.807) is 0 Å². The van der Waals surface area contributed by atoms with Crippen LogP contribution in [0.15, 0.2) is 0 Å². The highest BCUT2D eigenvalue weighted by Crippen LogP contribution is 2.25. The summed E-state index contributed by atoms with van der Waals surface area (Å²) < 4.78 is 5.12. The van der Waals surface area contributed by atoms with Crippen LogP contribution in [-0.4, -0.2) is 48.8 Å². The largest absolute Gasteiger partial charge is 0.464 e. The molecule has 0 aliphatic heterocycles. The molecular formula is C13H25NO3. The number of rotatable bonds is 6. The molecule has 0 saturated heterocycles. The number of nitrogens with zero attached hydrogens (tertiary/aromatic N) is 1.